The van der Waals surface area contributed by atoms with Crippen molar-refractivity contribution in [3.63, 3.8) is 0 Å². The van der Waals surface area contributed by atoms with Crippen molar-refractivity contribution in [2.24, 2.45) is 0 Å². The summed E-state index contributed by atoms with van der Waals surface area (Å²) in [4.78, 5) is 14.8. The minimum atomic E-state index is -0.0505. The molecule has 3 heteroatoms. The van der Waals surface area contributed by atoms with Crippen molar-refractivity contribution in [2.75, 3.05) is 6.61 Å². The van der Waals surface area contributed by atoms with Crippen molar-refractivity contribution < 1.29 is 9.90 Å². The Labute approximate surface area is 136 Å². The van der Waals surface area contributed by atoms with Crippen molar-refractivity contribution in [1.29, 1.82) is 0 Å². The van der Waals surface area contributed by atoms with Gasteiger partial charge in [0, 0.05) is 25.1 Å². The Morgan fingerprint density at radius 1 is 1.00 bits per heavy atom. The molecule has 2 aromatic carbocycles. The van der Waals surface area contributed by atoms with E-state index in [9.17, 15) is 9.90 Å². The monoisotopic (exact) mass is 307 g/mol. The van der Waals surface area contributed by atoms with Crippen molar-refractivity contribution >= 4 is 5.91 Å². The fourth-order valence-corrected chi connectivity index (χ4v) is 3.28. The summed E-state index contributed by atoms with van der Waals surface area (Å²) >= 11 is 0. The van der Waals surface area contributed by atoms with E-state index in [1.54, 1.807) is 0 Å². The molecule has 0 fully saturated rings. The van der Waals surface area contributed by atoms with Gasteiger partial charge in [0.2, 0.25) is 0 Å². The number of rotatable bonds is 5. The fourth-order valence-electron chi connectivity index (χ4n) is 3.28. The highest BCUT2D eigenvalue weighted by molar-refractivity contribution is 5.97. The molecule has 3 nitrogen and oxygen atoms in total. The molecule has 0 spiro atoms. The maximum atomic E-state index is 12.9. The molecule has 0 aromatic heterocycles. The summed E-state index contributed by atoms with van der Waals surface area (Å²) in [5.41, 5.74) is 4.02. The van der Waals surface area contributed by atoms with Crippen LogP contribution in [-0.4, -0.2) is 22.5 Å². The Morgan fingerprint density at radius 3 is 2.22 bits per heavy atom. The first-order chi connectivity index (χ1) is 11.2. The predicted molar refractivity (Wildman–Crippen MR) is 90.6 cm³/mol. The topological polar surface area (TPSA) is 40.5 Å². The molecule has 0 radical (unpaired) electrons. The van der Waals surface area contributed by atoms with Gasteiger partial charge in [-0.1, -0.05) is 60.7 Å². The van der Waals surface area contributed by atoms with Crippen LogP contribution in [-0.2, 0) is 11.3 Å². The van der Waals surface area contributed by atoms with Gasteiger partial charge in [0.1, 0.15) is 0 Å². The van der Waals surface area contributed by atoms with Gasteiger partial charge < -0.3 is 10.0 Å². The summed E-state index contributed by atoms with van der Waals surface area (Å²) in [6.07, 6.45) is 0.416. The number of amides is 1. The van der Waals surface area contributed by atoms with Gasteiger partial charge in [-0.15, -0.1) is 0 Å². The van der Waals surface area contributed by atoms with Crippen LogP contribution in [0.5, 0.6) is 0 Å². The van der Waals surface area contributed by atoms with E-state index in [1.165, 1.54) is 0 Å². The van der Waals surface area contributed by atoms with E-state index < -0.39 is 0 Å². The van der Waals surface area contributed by atoms with E-state index in [1.807, 2.05) is 60.4 Å². The molecule has 23 heavy (non-hydrogen) atoms. The third-order valence-electron chi connectivity index (χ3n) is 4.39. The lowest BCUT2D eigenvalue weighted by molar-refractivity contribution is -0.128. The molecule has 1 amide bonds. The molecule has 0 saturated heterocycles. The molecule has 1 atom stereocenters. The normalized spacial score (nSPS) is 17.9. The van der Waals surface area contributed by atoms with Gasteiger partial charge in [-0.2, -0.15) is 0 Å². The molecule has 1 unspecified atom stereocenters. The van der Waals surface area contributed by atoms with Gasteiger partial charge in [0.15, 0.2) is 0 Å². The lowest BCUT2D eigenvalue weighted by Gasteiger charge is -2.27. The SMILES string of the molecule is CC1=C(CCO)C(=O)N(Cc2ccccc2)C1c1ccccc1. The second kappa shape index (κ2) is 6.80. The number of nitrogens with zero attached hydrogens (tertiary/aromatic N) is 1. The van der Waals surface area contributed by atoms with Crippen LogP contribution in [0.3, 0.4) is 0 Å². The number of hydrogen-bond acceptors (Lipinski definition) is 2. The number of carbonyl (C=O) groups is 1. The summed E-state index contributed by atoms with van der Waals surface area (Å²) in [5, 5.41) is 9.29. The number of aliphatic hydroxyl groups is 1. The van der Waals surface area contributed by atoms with Gasteiger partial charge in [-0.05, 0) is 23.6 Å². The summed E-state index contributed by atoms with van der Waals surface area (Å²) in [6.45, 7) is 2.58. The van der Waals surface area contributed by atoms with Crippen LogP contribution >= 0.6 is 0 Å². The Morgan fingerprint density at radius 2 is 1.61 bits per heavy atom. The number of hydrogen-bond donors (Lipinski definition) is 1. The molecule has 1 aliphatic rings. The molecule has 2 aromatic rings. The molecule has 0 bridgehead atoms. The number of aliphatic hydroxyl groups excluding tert-OH is 1. The van der Waals surface area contributed by atoms with Crippen molar-refractivity contribution in [3.8, 4) is 0 Å². The highest BCUT2D eigenvalue weighted by Crippen LogP contribution is 2.39. The van der Waals surface area contributed by atoms with Crippen LogP contribution in [0.15, 0.2) is 71.8 Å². The zero-order valence-electron chi connectivity index (χ0n) is 13.3. The molecule has 1 heterocycles. The first-order valence-electron chi connectivity index (χ1n) is 7.92. The van der Waals surface area contributed by atoms with Gasteiger partial charge in [0.05, 0.1) is 6.04 Å². The second-order valence-corrected chi connectivity index (χ2v) is 5.87. The molecule has 0 saturated carbocycles. The minimum absolute atomic E-state index is 0.000893. The third kappa shape index (κ3) is 3.06. The van der Waals surface area contributed by atoms with Crippen LogP contribution in [0.1, 0.15) is 30.5 Å². The Bertz CT molecular complexity index is 707. The van der Waals surface area contributed by atoms with E-state index in [-0.39, 0.29) is 18.6 Å². The van der Waals surface area contributed by atoms with Gasteiger partial charge in [-0.25, -0.2) is 0 Å². The summed E-state index contributed by atoms with van der Waals surface area (Å²) in [5.74, 6) is 0.0363. The van der Waals surface area contributed by atoms with Crippen molar-refractivity contribution in [3.05, 3.63) is 82.9 Å². The van der Waals surface area contributed by atoms with Gasteiger partial charge in [0.25, 0.3) is 5.91 Å². The standard InChI is InChI=1S/C20H21NO2/c1-15-18(12-13-22)20(23)21(14-16-8-4-2-5-9-16)19(15)17-10-6-3-7-11-17/h2-11,19,22H,12-14H2,1H3. The Kier molecular flexibility index (Phi) is 4.58. The molecule has 118 valence electrons. The second-order valence-electron chi connectivity index (χ2n) is 5.87. The maximum absolute atomic E-state index is 12.9. The smallest absolute Gasteiger partial charge is 0.250 e. The van der Waals surface area contributed by atoms with E-state index in [4.69, 9.17) is 0 Å². The molecular formula is C20H21NO2. The average molecular weight is 307 g/mol. The fraction of sp³-hybridized carbons (Fsp3) is 0.250. The number of benzene rings is 2. The first kappa shape index (κ1) is 15.5. The molecule has 3 rings (SSSR count). The zero-order valence-corrected chi connectivity index (χ0v) is 13.3. The Balaban J connectivity index is 1.97. The predicted octanol–water partition coefficient (Wildman–Crippen LogP) is 3.47. The minimum Gasteiger partial charge on any atom is -0.396 e. The highest BCUT2D eigenvalue weighted by Gasteiger charge is 2.37. The van der Waals surface area contributed by atoms with Crippen molar-refractivity contribution in [1.82, 2.24) is 4.90 Å². The average Bonchev–Trinajstić information content (AvgIpc) is 2.81. The Hall–Kier alpha value is -2.39. The summed E-state index contributed by atoms with van der Waals surface area (Å²) in [6, 6.07) is 20.1. The van der Waals surface area contributed by atoms with E-state index >= 15 is 0 Å². The zero-order chi connectivity index (χ0) is 16.2. The highest BCUT2D eigenvalue weighted by atomic mass is 16.3. The molecular weight excluding hydrogens is 286 g/mol. The number of carbonyl (C=O) groups excluding carboxylic acids is 1. The van der Waals surface area contributed by atoms with Crippen LogP contribution in [0, 0.1) is 0 Å². The van der Waals surface area contributed by atoms with Crippen LogP contribution in [0.4, 0.5) is 0 Å². The van der Waals surface area contributed by atoms with E-state index in [0.29, 0.717) is 13.0 Å². The van der Waals surface area contributed by atoms with E-state index in [0.717, 1.165) is 22.3 Å². The molecule has 0 aliphatic carbocycles. The van der Waals surface area contributed by atoms with Crippen LogP contribution in [0.25, 0.3) is 0 Å². The quantitative estimate of drug-likeness (QED) is 0.919. The largest absolute Gasteiger partial charge is 0.396 e. The van der Waals surface area contributed by atoms with Gasteiger partial charge in [-0.3, -0.25) is 4.79 Å². The maximum Gasteiger partial charge on any atom is 0.250 e. The first-order valence-corrected chi connectivity index (χ1v) is 7.92. The molecule has 1 N–H and O–H groups in total. The van der Waals surface area contributed by atoms with Crippen molar-refractivity contribution in [2.45, 2.75) is 25.9 Å². The van der Waals surface area contributed by atoms with Crippen LogP contribution in [0.2, 0.25) is 0 Å². The lowest BCUT2D eigenvalue weighted by atomic mass is 9.98. The molecule has 1 aliphatic heterocycles. The summed E-state index contributed by atoms with van der Waals surface area (Å²) in [7, 11) is 0. The lowest BCUT2D eigenvalue weighted by Crippen LogP contribution is -2.29. The van der Waals surface area contributed by atoms with E-state index in [2.05, 4.69) is 12.1 Å². The van der Waals surface area contributed by atoms with Gasteiger partial charge >= 0.3 is 0 Å². The summed E-state index contributed by atoms with van der Waals surface area (Å²) < 4.78 is 0. The van der Waals surface area contributed by atoms with Crippen LogP contribution < -0.4 is 0 Å². The third-order valence-corrected chi connectivity index (χ3v) is 4.39.